The topological polar surface area (TPSA) is 56.5 Å². The maximum Gasteiger partial charge on any atom is 0.119 e. The first-order chi connectivity index (χ1) is 11.2. The second-order valence-corrected chi connectivity index (χ2v) is 5.92. The third-order valence-corrected chi connectivity index (χ3v) is 4.30. The number of likely N-dealkylation sites (tertiary alicyclic amines) is 1. The van der Waals surface area contributed by atoms with Gasteiger partial charge in [0.25, 0.3) is 0 Å². The number of methoxy groups -OCH3 is 1. The molecule has 1 N–H and O–H groups in total. The van der Waals surface area contributed by atoms with Crippen molar-refractivity contribution in [3.8, 4) is 11.8 Å². The van der Waals surface area contributed by atoms with Gasteiger partial charge in [0.05, 0.1) is 24.8 Å². The molecule has 118 valence electrons. The molecule has 1 heterocycles. The second kappa shape index (κ2) is 6.82. The van der Waals surface area contributed by atoms with Crippen LogP contribution in [-0.4, -0.2) is 29.8 Å². The summed E-state index contributed by atoms with van der Waals surface area (Å²) in [4.78, 5) is 2.26. The maximum absolute atomic E-state index is 10.1. The summed E-state index contributed by atoms with van der Waals surface area (Å²) >= 11 is 0. The number of β-amino-alcohol motifs (C(OH)–C–C–N with tert-alkyl or cyclic N) is 1. The van der Waals surface area contributed by atoms with Gasteiger partial charge in [-0.3, -0.25) is 4.90 Å². The van der Waals surface area contributed by atoms with Gasteiger partial charge in [-0.1, -0.05) is 24.3 Å². The minimum absolute atomic E-state index is 0.158. The van der Waals surface area contributed by atoms with Gasteiger partial charge in [0, 0.05) is 19.1 Å². The van der Waals surface area contributed by atoms with E-state index in [4.69, 9.17) is 10.00 Å². The number of hydrogen-bond donors (Lipinski definition) is 1. The van der Waals surface area contributed by atoms with E-state index < -0.39 is 0 Å². The molecule has 1 fully saturated rings. The Balaban J connectivity index is 1.83. The van der Waals surface area contributed by atoms with Crippen molar-refractivity contribution in [3.05, 3.63) is 65.2 Å². The summed E-state index contributed by atoms with van der Waals surface area (Å²) in [5, 5.41) is 19.1. The van der Waals surface area contributed by atoms with Crippen LogP contribution in [0.15, 0.2) is 48.5 Å². The van der Waals surface area contributed by atoms with E-state index in [0.29, 0.717) is 25.1 Å². The Morgan fingerprint density at radius 2 is 2.09 bits per heavy atom. The summed E-state index contributed by atoms with van der Waals surface area (Å²) in [6.45, 7) is 1.35. The van der Waals surface area contributed by atoms with E-state index in [9.17, 15) is 5.11 Å². The second-order valence-electron chi connectivity index (χ2n) is 5.92. The van der Waals surface area contributed by atoms with Crippen molar-refractivity contribution in [3.63, 3.8) is 0 Å². The molecule has 0 aliphatic carbocycles. The van der Waals surface area contributed by atoms with Crippen LogP contribution >= 0.6 is 0 Å². The molecule has 2 atom stereocenters. The number of aliphatic hydroxyl groups excluding tert-OH is 1. The van der Waals surface area contributed by atoms with Gasteiger partial charge in [0.15, 0.2) is 0 Å². The van der Waals surface area contributed by atoms with Crippen molar-refractivity contribution < 1.29 is 9.84 Å². The summed E-state index contributed by atoms with van der Waals surface area (Å²) < 4.78 is 5.31. The third kappa shape index (κ3) is 3.53. The Hall–Kier alpha value is -2.35. The van der Waals surface area contributed by atoms with E-state index in [1.165, 1.54) is 0 Å². The molecule has 3 rings (SSSR count). The SMILES string of the molecule is COc1cccc([C@H]2C[C@@H](O)CN2Cc2cccc(C#N)c2)c1. The van der Waals surface area contributed by atoms with Crippen molar-refractivity contribution in [2.24, 2.45) is 0 Å². The number of ether oxygens (including phenoxy) is 1. The number of benzene rings is 2. The van der Waals surface area contributed by atoms with Crippen molar-refractivity contribution in [2.75, 3.05) is 13.7 Å². The van der Waals surface area contributed by atoms with Crippen molar-refractivity contribution in [1.29, 1.82) is 5.26 Å². The minimum atomic E-state index is -0.328. The summed E-state index contributed by atoms with van der Waals surface area (Å²) in [5.41, 5.74) is 2.91. The van der Waals surface area contributed by atoms with E-state index >= 15 is 0 Å². The first-order valence-corrected chi connectivity index (χ1v) is 7.74. The zero-order chi connectivity index (χ0) is 16.2. The fraction of sp³-hybridized carbons (Fsp3) is 0.316. The normalized spacial score (nSPS) is 21.1. The van der Waals surface area contributed by atoms with Gasteiger partial charge in [-0.25, -0.2) is 0 Å². The molecule has 4 heteroatoms. The monoisotopic (exact) mass is 308 g/mol. The smallest absolute Gasteiger partial charge is 0.119 e. The predicted molar refractivity (Wildman–Crippen MR) is 87.9 cm³/mol. The van der Waals surface area contributed by atoms with E-state index in [2.05, 4.69) is 17.0 Å². The van der Waals surface area contributed by atoms with E-state index in [-0.39, 0.29) is 12.1 Å². The van der Waals surface area contributed by atoms with Gasteiger partial charge in [0.2, 0.25) is 0 Å². The van der Waals surface area contributed by atoms with Crippen molar-refractivity contribution >= 4 is 0 Å². The molecule has 0 amide bonds. The maximum atomic E-state index is 10.1. The van der Waals surface area contributed by atoms with Gasteiger partial charge in [-0.15, -0.1) is 0 Å². The molecule has 0 unspecified atom stereocenters. The molecule has 4 nitrogen and oxygen atoms in total. The molecule has 1 aliphatic heterocycles. The molecule has 2 aromatic carbocycles. The Labute approximate surface area is 136 Å². The third-order valence-electron chi connectivity index (χ3n) is 4.30. The highest BCUT2D eigenvalue weighted by Gasteiger charge is 2.32. The number of nitriles is 1. The number of aliphatic hydroxyl groups is 1. The molecule has 0 saturated carbocycles. The van der Waals surface area contributed by atoms with E-state index in [0.717, 1.165) is 16.9 Å². The average molecular weight is 308 g/mol. The fourth-order valence-electron chi connectivity index (χ4n) is 3.22. The Kier molecular flexibility index (Phi) is 4.61. The van der Waals surface area contributed by atoms with Gasteiger partial charge in [-0.2, -0.15) is 5.26 Å². The van der Waals surface area contributed by atoms with Gasteiger partial charge in [0.1, 0.15) is 5.75 Å². The lowest BCUT2D eigenvalue weighted by Crippen LogP contribution is -2.24. The lowest BCUT2D eigenvalue weighted by molar-refractivity contribution is 0.172. The van der Waals surface area contributed by atoms with Crippen LogP contribution in [0.3, 0.4) is 0 Å². The van der Waals surface area contributed by atoms with Crippen LogP contribution in [0, 0.1) is 11.3 Å². The van der Waals surface area contributed by atoms with E-state index in [1.807, 2.05) is 42.5 Å². The molecular formula is C19H20N2O2. The molecule has 0 spiro atoms. The minimum Gasteiger partial charge on any atom is -0.497 e. The average Bonchev–Trinajstić information content (AvgIpc) is 2.95. The highest BCUT2D eigenvalue weighted by molar-refractivity contribution is 5.34. The number of nitrogens with zero attached hydrogens (tertiary/aromatic N) is 2. The quantitative estimate of drug-likeness (QED) is 0.943. The zero-order valence-electron chi connectivity index (χ0n) is 13.1. The molecule has 1 aliphatic rings. The molecule has 0 bridgehead atoms. The molecule has 2 aromatic rings. The predicted octanol–water partition coefficient (Wildman–Crippen LogP) is 2.87. The van der Waals surface area contributed by atoms with Crippen LogP contribution in [0.5, 0.6) is 5.75 Å². The first kappa shape index (κ1) is 15.5. The van der Waals surface area contributed by atoms with E-state index in [1.54, 1.807) is 7.11 Å². The lowest BCUT2D eigenvalue weighted by Gasteiger charge is -2.25. The fourth-order valence-corrected chi connectivity index (χ4v) is 3.22. The molecule has 1 saturated heterocycles. The Bertz CT molecular complexity index is 723. The standard InChI is InChI=1S/C19H20N2O2/c1-23-18-7-3-6-16(9-18)19-10-17(22)13-21(19)12-15-5-2-4-14(8-15)11-20/h2-9,17,19,22H,10,12-13H2,1H3/t17-,19-/m1/s1. The van der Waals surface area contributed by atoms with Crippen LogP contribution in [0.4, 0.5) is 0 Å². The highest BCUT2D eigenvalue weighted by atomic mass is 16.5. The number of hydrogen-bond acceptors (Lipinski definition) is 4. The zero-order valence-corrected chi connectivity index (χ0v) is 13.1. The summed E-state index contributed by atoms with van der Waals surface area (Å²) in [5.74, 6) is 0.829. The van der Waals surface area contributed by atoms with Gasteiger partial charge < -0.3 is 9.84 Å². The van der Waals surface area contributed by atoms with Gasteiger partial charge >= 0.3 is 0 Å². The van der Waals surface area contributed by atoms with Crippen molar-refractivity contribution in [1.82, 2.24) is 4.90 Å². The van der Waals surface area contributed by atoms with Crippen LogP contribution in [-0.2, 0) is 6.54 Å². The Morgan fingerprint density at radius 3 is 2.87 bits per heavy atom. The van der Waals surface area contributed by atoms with Crippen LogP contribution in [0.1, 0.15) is 29.2 Å². The summed E-state index contributed by atoms with van der Waals surface area (Å²) in [7, 11) is 1.66. The lowest BCUT2D eigenvalue weighted by atomic mass is 10.0. The molecule has 23 heavy (non-hydrogen) atoms. The highest BCUT2D eigenvalue weighted by Crippen LogP contribution is 2.34. The van der Waals surface area contributed by atoms with Crippen LogP contribution < -0.4 is 4.74 Å². The largest absolute Gasteiger partial charge is 0.497 e. The molecular weight excluding hydrogens is 288 g/mol. The molecule has 0 radical (unpaired) electrons. The summed E-state index contributed by atoms with van der Waals surface area (Å²) in [6.07, 6.45) is 0.385. The Morgan fingerprint density at radius 1 is 1.26 bits per heavy atom. The van der Waals surface area contributed by atoms with Crippen molar-refractivity contribution in [2.45, 2.75) is 25.1 Å². The molecule has 0 aromatic heterocycles. The van der Waals surface area contributed by atoms with Gasteiger partial charge in [-0.05, 0) is 41.8 Å². The summed E-state index contributed by atoms with van der Waals surface area (Å²) in [6, 6.07) is 18.0. The van der Waals surface area contributed by atoms with Crippen LogP contribution in [0.2, 0.25) is 0 Å². The van der Waals surface area contributed by atoms with Crippen LogP contribution in [0.25, 0.3) is 0 Å². The first-order valence-electron chi connectivity index (χ1n) is 7.74. The number of rotatable bonds is 4.